The first-order valence-corrected chi connectivity index (χ1v) is 7.60. The molecule has 0 bridgehead atoms. The molecule has 0 aromatic heterocycles. The third-order valence-electron chi connectivity index (χ3n) is 3.49. The summed E-state index contributed by atoms with van der Waals surface area (Å²) in [5.41, 5.74) is 0. The lowest BCUT2D eigenvalue weighted by atomic mass is 9.97. The predicted octanol–water partition coefficient (Wildman–Crippen LogP) is 3.88. The summed E-state index contributed by atoms with van der Waals surface area (Å²) in [7, 11) is 0. The van der Waals surface area contributed by atoms with Crippen molar-refractivity contribution in [2.24, 2.45) is 0 Å². The van der Waals surface area contributed by atoms with Gasteiger partial charge in [-0.2, -0.15) is 0 Å². The highest BCUT2D eigenvalue weighted by molar-refractivity contribution is 6.20. The zero-order valence-corrected chi connectivity index (χ0v) is 11.8. The van der Waals surface area contributed by atoms with Crippen LogP contribution in [0.4, 0.5) is 0 Å². The molecule has 1 aliphatic rings. The summed E-state index contributed by atoms with van der Waals surface area (Å²) in [6, 6.07) is 0. The fourth-order valence-corrected chi connectivity index (χ4v) is 2.94. The molecule has 1 saturated heterocycles. The van der Waals surface area contributed by atoms with Crippen LogP contribution in [0.15, 0.2) is 0 Å². The van der Waals surface area contributed by atoms with E-state index in [0.29, 0.717) is 6.10 Å². The largest absolute Gasteiger partial charge is 0.396 e. The summed E-state index contributed by atoms with van der Waals surface area (Å²) in [6.07, 6.45) is 10.7. The molecule has 1 rings (SSSR count). The topological polar surface area (TPSA) is 29.5 Å². The van der Waals surface area contributed by atoms with Crippen molar-refractivity contribution < 1.29 is 9.84 Å². The first kappa shape index (κ1) is 15.3. The molecule has 0 radical (unpaired) electrons. The lowest BCUT2D eigenvalue weighted by molar-refractivity contribution is -0.0572. The van der Waals surface area contributed by atoms with E-state index in [-0.39, 0.29) is 18.1 Å². The highest BCUT2D eigenvalue weighted by atomic mass is 35.5. The Morgan fingerprint density at radius 2 is 1.71 bits per heavy atom. The lowest BCUT2D eigenvalue weighted by Gasteiger charge is -2.33. The molecule has 1 fully saturated rings. The van der Waals surface area contributed by atoms with Crippen molar-refractivity contribution in [2.45, 2.75) is 82.3 Å². The Kier molecular flexibility index (Phi) is 8.25. The standard InChI is InChI=1S/C14H27ClO2/c1-2-3-4-5-7-13-10-12(15)11-14(17-13)8-6-9-16/h12-14,16H,2-11H2,1H3/t12-,13+,14-/m0/s1. The van der Waals surface area contributed by atoms with E-state index in [4.69, 9.17) is 21.4 Å². The van der Waals surface area contributed by atoms with Gasteiger partial charge in [0.15, 0.2) is 0 Å². The molecular formula is C14H27ClO2. The van der Waals surface area contributed by atoms with Gasteiger partial charge in [-0.15, -0.1) is 11.6 Å². The number of halogens is 1. The molecule has 0 saturated carbocycles. The van der Waals surface area contributed by atoms with Gasteiger partial charge in [0.1, 0.15) is 0 Å². The highest BCUT2D eigenvalue weighted by Gasteiger charge is 2.27. The summed E-state index contributed by atoms with van der Waals surface area (Å²) in [6.45, 7) is 2.49. The molecule has 3 heteroatoms. The zero-order valence-electron chi connectivity index (χ0n) is 11.0. The third kappa shape index (κ3) is 6.64. The lowest BCUT2D eigenvalue weighted by Crippen LogP contribution is -2.33. The van der Waals surface area contributed by atoms with Gasteiger partial charge in [0.25, 0.3) is 0 Å². The maximum Gasteiger partial charge on any atom is 0.0593 e. The van der Waals surface area contributed by atoms with Crippen LogP contribution in [0.25, 0.3) is 0 Å². The van der Waals surface area contributed by atoms with E-state index in [0.717, 1.165) is 32.1 Å². The Morgan fingerprint density at radius 3 is 2.29 bits per heavy atom. The van der Waals surface area contributed by atoms with E-state index < -0.39 is 0 Å². The SMILES string of the molecule is CCCCCC[C@@H]1C[C@H](Cl)C[C@H](CCCO)O1. The van der Waals surface area contributed by atoms with Crippen molar-refractivity contribution in [1.82, 2.24) is 0 Å². The fraction of sp³-hybridized carbons (Fsp3) is 1.00. The molecule has 17 heavy (non-hydrogen) atoms. The van der Waals surface area contributed by atoms with E-state index in [1.165, 1.54) is 25.7 Å². The second kappa shape index (κ2) is 9.18. The van der Waals surface area contributed by atoms with Crippen LogP contribution in [-0.2, 0) is 4.74 Å². The molecule has 0 amide bonds. The Balaban J connectivity index is 2.19. The molecule has 1 N–H and O–H groups in total. The van der Waals surface area contributed by atoms with Crippen molar-refractivity contribution >= 4 is 11.6 Å². The number of aliphatic hydroxyl groups is 1. The van der Waals surface area contributed by atoms with Gasteiger partial charge < -0.3 is 9.84 Å². The fourth-order valence-electron chi connectivity index (χ4n) is 2.54. The van der Waals surface area contributed by atoms with Crippen molar-refractivity contribution in [3.8, 4) is 0 Å². The van der Waals surface area contributed by atoms with Gasteiger partial charge in [-0.05, 0) is 32.1 Å². The van der Waals surface area contributed by atoms with Crippen LogP contribution in [0.5, 0.6) is 0 Å². The molecule has 0 aromatic carbocycles. The number of ether oxygens (including phenoxy) is 1. The number of aliphatic hydroxyl groups excluding tert-OH is 1. The van der Waals surface area contributed by atoms with Crippen LogP contribution >= 0.6 is 11.6 Å². The van der Waals surface area contributed by atoms with E-state index >= 15 is 0 Å². The Morgan fingerprint density at radius 1 is 1.06 bits per heavy atom. The average molecular weight is 263 g/mol. The monoisotopic (exact) mass is 262 g/mol. The number of alkyl halides is 1. The maximum absolute atomic E-state index is 8.84. The Hall–Kier alpha value is 0.210. The molecule has 3 atom stereocenters. The molecule has 102 valence electrons. The molecule has 0 spiro atoms. The quantitative estimate of drug-likeness (QED) is 0.531. The van der Waals surface area contributed by atoms with Crippen molar-refractivity contribution in [2.75, 3.05) is 6.61 Å². The van der Waals surface area contributed by atoms with Gasteiger partial charge in [-0.1, -0.05) is 32.6 Å². The number of rotatable bonds is 8. The van der Waals surface area contributed by atoms with E-state index in [9.17, 15) is 0 Å². The molecule has 2 nitrogen and oxygen atoms in total. The van der Waals surface area contributed by atoms with Crippen molar-refractivity contribution in [3.63, 3.8) is 0 Å². The third-order valence-corrected chi connectivity index (χ3v) is 3.84. The minimum absolute atomic E-state index is 0.258. The number of hydrogen-bond donors (Lipinski definition) is 1. The summed E-state index contributed by atoms with van der Waals surface area (Å²) < 4.78 is 6.04. The van der Waals surface area contributed by atoms with E-state index in [1.54, 1.807) is 0 Å². The van der Waals surface area contributed by atoms with E-state index in [1.807, 2.05) is 0 Å². The van der Waals surface area contributed by atoms with Crippen molar-refractivity contribution in [1.29, 1.82) is 0 Å². The summed E-state index contributed by atoms with van der Waals surface area (Å²) in [4.78, 5) is 0. The van der Waals surface area contributed by atoms with Crippen molar-refractivity contribution in [3.05, 3.63) is 0 Å². The summed E-state index contributed by atoms with van der Waals surface area (Å²) >= 11 is 6.28. The minimum atomic E-state index is 0.258. The molecule has 1 aliphatic heterocycles. The first-order chi connectivity index (χ1) is 8.26. The first-order valence-electron chi connectivity index (χ1n) is 7.16. The van der Waals surface area contributed by atoms with Crippen LogP contribution in [-0.4, -0.2) is 29.3 Å². The van der Waals surface area contributed by atoms with Gasteiger partial charge in [0, 0.05) is 12.0 Å². The molecule has 0 aliphatic carbocycles. The number of unbranched alkanes of at least 4 members (excludes halogenated alkanes) is 3. The number of hydrogen-bond acceptors (Lipinski definition) is 2. The van der Waals surface area contributed by atoms with E-state index in [2.05, 4.69) is 6.92 Å². The molecule has 0 aromatic rings. The summed E-state index contributed by atoms with van der Waals surface area (Å²) in [5.74, 6) is 0. The molecular weight excluding hydrogens is 236 g/mol. The maximum atomic E-state index is 8.84. The van der Waals surface area contributed by atoms with Gasteiger partial charge in [-0.25, -0.2) is 0 Å². The highest BCUT2D eigenvalue weighted by Crippen LogP contribution is 2.28. The second-order valence-corrected chi connectivity index (χ2v) is 5.78. The van der Waals surface area contributed by atoms with Gasteiger partial charge in [0.2, 0.25) is 0 Å². The Labute approximate surface area is 111 Å². The normalized spacial score (nSPS) is 29.5. The average Bonchev–Trinajstić information content (AvgIpc) is 2.31. The van der Waals surface area contributed by atoms with Crippen LogP contribution in [0.2, 0.25) is 0 Å². The molecule has 1 heterocycles. The predicted molar refractivity (Wildman–Crippen MR) is 72.6 cm³/mol. The van der Waals surface area contributed by atoms with Crippen LogP contribution in [0.3, 0.4) is 0 Å². The van der Waals surface area contributed by atoms with Gasteiger partial charge in [-0.3, -0.25) is 0 Å². The Bertz CT molecular complexity index is 187. The smallest absolute Gasteiger partial charge is 0.0593 e. The molecule has 0 unspecified atom stereocenters. The van der Waals surface area contributed by atoms with Gasteiger partial charge >= 0.3 is 0 Å². The second-order valence-electron chi connectivity index (χ2n) is 5.16. The minimum Gasteiger partial charge on any atom is -0.396 e. The van der Waals surface area contributed by atoms with Gasteiger partial charge in [0.05, 0.1) is 12.2 Å². The van der Waals surface area contributed by atoms with Crippen LogP contribution in [0, 0.1) is 0 Å². The van der Waals surface area contributed by atoms with Crippen LogP contribution < -0.4 is 0 Å². The summed E-state index contributed by atoms with van der Waals surface area (Å²) in [5, 5.41) is 9.11. The zero-order chi connectivity index (χ0) is 12.5. The van der Waals surface area contributed by atoms with Crippen LogP contribution in [0.1, 0.15) is 64.7 Å².